The van der Waals surface area contributed by atoms with Crippen LogP contribution in [0.1, 0.15) is 44.3 Å². The monoisotopic (exact) mass is 463 g/mol. The minimum Gasteiger partial charge on any atom is -0.352 e. The molecule has 1 unspecified atom stereocenters. The smallest absolute Gasteiger partial charge is 0.253 e. The fourth-order valence-corrected chi connectivity index (χ4v) is 3.52. The molecule has 0 saturated carbocycles. The van der Waals surface area contributed by atoms with Crippen molar-refractivity contribution < 1.29 is 14.4 Å². The normalized spacial score (nSPS) is 11.4. The highest BCUT2D eigenvalue weighted by Gasteiger charge is 2.20. The Morgan fingerprint density at radius 3 is 2.15 bits per heavy atom. The summed E-state index contributed by atoms with van der Waals surface area (Å²) in [4.78, 5) is 39.0. The summed E-state index contributed by atoms with van der Waals surface area (Å²) in [7, 11) is 3.40. The Morgan fingerprint density at radius 2 is 1.52 bits per heavy atom. The van der Waals surface area contributed by atoms with Crippen LogP contribution >= 0.6 is 11.6 Å². The highest BCUT2D eigenvalue weighted by molar-refractivity contribution is 6.33. The van der Waals surface area contributed by atoms with E-state index in [-0.39, 0.29) is 24.1 Å². The number of carbonyl (C=O) groups is 3. The second kappa shape index (κ2) is 11.3. The number of amides is 3. The van der Waals surface area contributed by atoms with Crippen LogP contribution in [0.4, 0.5) is 0 Å². The molecule has 3 aromatic rings. The van der Waals surface area contributed by atoms with Crippen LogP contribution < -0.4 is 10.6 Å². The highest BCUT2D eigenvalue weighted by atomic mass is 35.5. The number of halogens is 1. The predicted molar refractivity (Wildman–Crippen MR) is 129 cm³/mol. The van der Waals surface area contributed by atoms with Crippen molar-refractivity contribution in [1.29, 1.82) is 0 Å². The predicted octanol–water partition coefficient (Wildman–Crippen LogP) is 4.22. The summed E-state index contributed by atoms with van der Waals surface area (Å²) in [5.74, 6) is -0.634. The minimum absolute atomic E-state index is 0.0669. The molecule has 0 aromatic heterocycles. The summed E-state index contributed by atoms with van der Waals surface area (Å²) in [6, 6.07) is 22.7. The highest BCUT2D eigenvalue weighted by Crippen LogP contribution is 2.20. The van der Waals surface area contributed by atoms with Crippen LogP contribution in [0.25, 0.3) is 0 Å². The lowest BCUT2D eigenvalue weighted by Crippen LogP contribution is -2.33. The molecule has 3 amide bonds. The lowest BCUT2D eigenvalue weighted by atomic mass is 10.0. The van der Waals surface area contributed by atoms with E-state index in [2.05, 4.69) is 10.6 Å². The number of rotatable bonds is 8. The lowest BCUT2D eigenvalue weighted by molar-refractivity contribution is -0.121. The molecular weight excluding hydrogens is 438 g/mol. The van der Waals surface area contributed by atoms with Gasteiger partial charge in [0.25, 0.3) is 11.8 Å². The first-order valence-corrected chi connectivity index (χ1v) is 10.9. The molecule has 1 atom stereocenters. The molecule has 0 saturated heterocycles. The van der Waals surface area contributed by atoms with E-state index in [1.54, 1.807) is 50.5 Å². The van der Waals surface area contributed by atoms with E-state index in [0.29, 0.717) is 22.7 Å². The summed E-state index contributed by atoms with van der Waals surface area (Å²) in [6.07, 6.45) is 0.0669. The topological polar surface area (TPSA) is 78.5 Å². The molecule has 0 fully saturated rings. The number of nitrogens with one attached hydrogen (secondary N) is 2. The third-order valence-corrected chi connectivity index (χ3v) is 5.44. The van der Waals surface area contributed by atoms with Crippen molar-refractivity contribution in [2.24, 2.45) is 0 Å². The Balaban J connectivity index is 1.65. The van der Waals surface area contributed by atoms with Crippen molar-refractivity contribution >= 4 is 29.3 Å². The Morgan fingerprint density at radius 1 is 0.879 bits per heavy atom. The van der Waals surface area contributed by atoms with Crippen LogP contribution in [0.2, 0.25) is 5.02 Å². The van der Waals surface area contributed by atoms with Crippen molar-refractivity contribution in [3.63, 3.8) is 0 Å². The maximum atomic E-state index is 12.8. The van der Waals surface area contributed by atoms with Gasteiger partial charge in [-0.1, -0.05) is 66.2 Å². The van der Waals surface area contributed by atoms with Crippen molar-refractivity contribution in [2.45, 2.75) is 19.0 Å². The molecule has 0 aliphatic heterocycles. The number of hydrogen-bond acceptors (Lipinski definition) is 3. The second-order valence-electron chi connectivity index (χ2n) is 7.79. The summed E-state index contributed by atoms with van der Waals surface area (Å²) < 4.78 is 0. The van der Waals surface area contributed by atoms with Crippen LogP contribution in [0.3, 0.4) is 0 Å². The van der Waals surface area contributed by atoms with E-state index in [4.69, 9.17) is 11.6 Å². The van der Waals surface area contributed by atoms with Crippen LogP contribution in [0, 0.1) is 0 Å². The van der Waals surface area contributed by atoms with Gasteiger partial charge in [-0.25, -0.2) is 0 Å². The third-order valence-electron chi connectivity index (χ3n) is 5.11. The molecule has 0 aliphatic carbocycles. The largest absolute Gasteiger partial charge is 0.352 e. The summed E-state index contributed by atoms with van der Waals surface area (Å²) in [5.41, 5.74) is 2.63. The van der Waals surface area contributed by atoms with Gasteiger partial charge in [-0.05, 0) is 35.4 Å². The molecule has 0 spiro atoms. The standard InChI is InChI=1S/C26H26ClN3O3/c1-30(2)26(33)20-14-12-18(13-15-20)17-28-24(31)16-23(19-8-4-3-5-9-19)29-25(32)21-10-6-7-11-22(21)27/h3-15,23H,16-17H2,1-2H3,(H,28,31)(H,29,32). The van der Waals surface area contributed by atoms with Crippen LogP contribution in [0.5, 0.6) is 0 Å². The molecule has 0 aliphatic rings. The van der Waals surface area contributed by atoms with E-state index >= 15 is 0 Å². The van der Waals surface area contributed by atoms with Gasteiger partial charge in [0.15, 0.2) is 0 Å². The van der Waals surface area contributed by atoms with Crippen molar-refractivity contribution in [1.82, 2.24) is 15.5 Å². The van der Waals surface area contributed by atoms with Crippen molar-refractivity contribution in [3.05, 3.63) is 106 Å². The van der Waals surface area contributed by atoms with Gasteiger partial charge in [0.1, 0.15) is 0 Å². The maximum Gasteiger partial charge on any atom is 0.253 e. The molecule has 0 radical (unpaired) electrons. The van der Waals surface area contributed by atoms with Gasteiger partial charge in [-0.3, -0.25) is 14.4 Å². The molecule has 170 valence electrons. The molecule has 6 nitrogen and oxygen atoms in total. The zero-order chi connectivity index (χ0) is 23.8. The molecule has 33 heavy (non-hydrogen) atoms. The van der Waals surface area contributed by atoms with Gasteiger partial charge in [0, 0.05) is 26.2 Å². The van der Waals surface area contributed by atoms with Crippen molar-refractivity contribution in [3.8, 4) is 0 Å². The minimum atomic E-state index is -0.518. The number of hydrogen-bond donors (Lipinski definition) is 2. The first-order valence-electron chi connectivity index (χ1n) is 10.5. The fourth-order valence-electron chi connectivity index (χ4n) is 3.30. The molecule has 3 rings (SSSR count). The molecular formula is C26H26ClN3O3. The molecule has 0 bridgehead atoms. The SMILES string of the molecule is CN(C)C(=O)c1ccc(CNC(=O)CC(NC(=O)c2ccccc2Cl)c2ccccc2)cc1. The van der Waals surface area contributed by atoms with Crippen LogP contribution in [0.15, 0.2) is 78.9 Å². The van der Waals surface area contributed by atoms with Crippen LogP contribution in [-0.4, -0.2) is 36.7 Å². The summed E-state index contributed by atoms with van der Waals surface area (Å²) in [5, 5.41) is 6.16. The van der Waals surface area contributed by atoms with E-state index in [9.17, 15) is 14.4 Å². The fraction of sp³-hybridized carbons (Fsp3) is 0.192. The quantitative estimate of drug-likeness (QED) is 0.525. The summed E-state index contributed by atoms with van der Waals surface area (Å²) >= 11 is 6.16. The third kappa shape index (κ3) is 6.67. The van der Waals surface area contributed by atoms with Gasteiger partial charge >= 0.3 is 0 Å². The van der Waals surface area contributed by atoms with E-state index in [0.717, 1.165) is 11.1 Å². The van der Waals surface area contributed by atoms with Gasteiger partial charge in [-0.2, -0.15) is 0 Å². The van der Waals surface area contributed by atoms with Gasteiger partial charge in [-0.15, -0.1) is 0 Å². The Labute approximate surface area is 198 Å². The number of benzene rings is 3. The van der Waals surface area contributed by atoms with Gasteiger partial charge in [0.05, 0.1) is 23.0 Å². The first-order chi connectivity index (χ1) is 15.8. The average Bonchev–Trinajstić information content (AvgIpc) is 2.83. The molecule has 3 aromatic carbocycles. The van der Waals surface area contributed by atoms with E-state index < -0.39 is 6.04 Å². The number of carbonyl (C=O) groups excluding carboxylic acids is 3. The molecule has 7 heteroatoms. The zero-order valence-electron chi connectivity index (χ0n) is 18.5. The first kappa shape index (κ1) is 24.0. The molecule has 0 heterocycles. The van der Waals surface area contributed by atoms with E-state index in [1.165, 1.54) is 4.90 Å². The van der Waals surface area contributed by atoms with Gasteiger partial charge in [0.2, 0.25) is 5.91 Å². The Kier molecular flexibility index (Phi) is 8.22. The summed E-state index contributed by atoms with van der Waals surface area (Å²) in [6.45, 7) is 0.315. The van der Waals surface area contributed by atoms with Crippen molar-refractivity contribution in [2.75, 3.05) is 14.1 Å². The Bertz CT molecular complexity index is 1120. The lowest BCUT2D eigenvalue weighted by Gasteiger charge is -2.19. The van der Waals surface area contributed by atoms with Crippen LogP contribution in [-0.2, 0) is 11.3 Å². The maximum absolute atomic E-state index is 12.8. The van der Waals surface area contributed by atoms with Gasteiger partial charge < -0.3 is 15.5 Å². The average molecular weight is 464 g/mol. The number of nitrogens with zero attached hydrogens (tertiary/aromatic N) is 1. The van der Waals surface area contributed by atoms with E-state index in [1.807, 2.05) is 42.5 Å². The second-order valence-corrected chi connectivity index (χ2v) is 8.20. The zero-order valence-corrected chi connectivity index (χ0v) is 19.3. The molecule has 2 N–H and O–H groups in total. The Hall–Kier alpha value is -3.64.